The van der Waals surface area contributed by atoms with E-state index in [0.29, 0.717) is 5.92 Å². The first-order valence-electron chi connectivity index (χ1n) is 9.09. The fraction of sp³-hybridized carbons (Fsp3) is 0.348. The van der Waals surface area contributed by atoms with Gasteiger partial charge in [-0.05, 0) is 66.1 Å². The van der Waals surface area contributed by atoms with Crippen LogP contribution in [0.4, 0.5) is 5.69 Å². The molecule has 0 heterocycles. The maximum Gasteiger partial charge on any atom is 0.0633 e. The molecule has 0 amide bonds. The molecule has 0 aliphatic rings. The monoisotopic (exact) mass is 334 g/mol. The van der Waals surface area contributed by atoms with Gasteiger partial charge in [-0.1, -0.05) is 51.6 Å². The molecule has 0 bridgehead atoms. The first-order valence-corrected chi connectivity index (χ1v) is 9.09. The van der Waals surface area contributed by atoms with Gasteiger partial charge in [-0.2, -0.15) is 0 Å². The molecule has 2 aromatic rings. The van der Waals surface area contributed by atoms with Crippen molar-refractivity contribution in [2.45, 2.75) is 40.5 Å². The van der Waals surface area contributed by atoms with Gasteiger partial charge in [-0.3, -0.25) is 4.99 Å². The predicted octanol–water partition coefficient (Wildman–Crippen LogP) is 6.11. The molecule has 0 fully saturated rings. The van der Waals surface area contributed by atoms with Crippen molar-refractivity contribution < 1.29 is 0 Å². The fourth-order valence-corrected chi connectivity index (χ4v) is 2.95. The molecule has 25 heavy (non-hydrogen) atoms. The molecule has 0 radical (unpaired) electrons. The Bertz CT molecular complexity index is 752. The van der Waals surface area contributed by atoms with Gasteiger partial charge in [0.2, 0.25) is 0 Å². The minimum Gasteiger partial charge on any atom is -0.388 e. The van der Waals surface area contributed by atoms with Gasteiger partial charge in [-0.15, -0.1) is 0 Å². The molecule has 2 rings (SSSR count). The van der Waals surface area contributed by atoms with Crippen molar-refractivity contribution >= 4 is 17.1 Å². The molecule has 0 unspecified atom stereocenters. The van der Waals surface area contributed by atoms with E-state index in [2.05, 4.69) is 82.1 Å². The molecule has 0 aliphatic carbocycles. The van der Waals surface area contributed by atoms with Crippen LogP contribution in [0.3, 0.4) is 0 Å². The second kappa shape index (κ2) is 8.66. The van der Waals surface area contributed by atoms with Crippen molar-refractivity contribution in [3.63, 3.8) is 0 Å². The van der Waals surface area contributed by atoms with Crippen LogP contribution in [0.2, 0.25) is 0 Å². The number of aliphatic imine (C=N–C) groups is 1. The van der Waals surface area contributed by atoms with E-state index in [1.54, 1.807) is 0 Å². The molecule has 0 saturated carbocycles. The second-order valence-electron chi connectivity index (χ2n) is 6.93. The number of benzene rings is 2. The third kappa shape index (κ3) is 5.06. The minimum absolute atomic E-state index is 0.665. The van der Waals surface area contributed by atoms with Crippen molar-refractivity contribution in [2.24, 2.45) is 10.9 Å². The summed E-state index contributed by atoms with van der Waals surface area (Å²) in [6.45, 7) is 13.0. The molecule has 0 aliphatic heterocycles. The van der Waals surface area contributed by atoms with Crippen molar-refractivity contribution in [2.75, 3.05) is 12.4 Å². The van der Waals surface area contributed by atoms with Crippen molar-refractivity contribution in [1.82, 2.24) is 0 Å². The highest BCUT2D eigenvalue weighted by Crippen LogP contribution is 2.22. The lowest BCUT2D eigenvalue weighted by atomic mass is 9.96. The summed E-state index contributed by atoms with van der Waals surface area (Å²) in [4.78, 5) is 4.82. The lowest BCUT2D eigenvalue weighted by molar-refractivity contribution is 0.645. The van der Waals surface area contributed by atoms with E-state index >= 15 is 0 Å². The Morgan fingerprint density at radius 1 is 1.08 bits per heavy atom. The Hall–Kier alpha value is -2.35. The molecular formula is C23H30N2. The lowest BCUT2D eigenvalue weighted by Crippen LogP contribution is -2.01. The maximum absolute atomic E-state index is 4.82. The minimum atomic E-state index is 0.665. The van der Waals surface area contributed by atoms with Gasteiger partial charge in [0.05, 0.1) is 5.70 Å². The van der Waals surface area contributed by atoms with Crippen LogP contribution in [0.25, 0.3) is 5.70 Å². The van der Waals surface area contributed by atoms with E-state index in [-0.39, 0.29) is 0 Å². The van der Waals surface area contributed by atoms with Crippen LogP contribution in [0.5, 0.6) is 0 Å². The molecule has 2 heteroatoms. The molecule has 2 aromatic carbocycles. The molecule has 0 spiro atoms. The van der Waals surface area contributed by atoms with E-state index in [9.17, 15) is 0 Å². The zero-order valence-corrected chi connectivity index (χ0v) is 16.2. The van der Waals surface area contributed by atoms with E-state index in [4.69, 9.17) is 4.99 Å². The van der Waals surface area contributed by atoms with Crippen LogP contribution in [0.1, 0.15) is 49.4 Å². The van der Waals surface area contributed by atoms with Gasteiger partial charge in [0.15, 0.2) is 0 Å². The summed E-state index contributed by atoms with van der Waals surface area (Å²) in [5.41, 5.74) is 7.98. The number of nitrogens with one attached hydrogen (secondary N) is 1. The van der Waals surface area contributed by atoms with E-state index in [1.165, 1.54) is 11.1 Å². The summed E-state index contributed by atoms with van der Waals surface area (Å²) in [5.74, 6) is 0.665. The van der Waals surface area contributed by atoms with Gasteiger partial charge in [-0.25, -0.2) is 0 Å². The third-order valence-corrected chi connectivity index (χ3v) is 4.42. The van der Waals surface area contributed by atoms with Crippen LogP contribution >= 0.6 is 0 Å². The zero-order valence-electron chi connectivity index (χ0n) is 16.2. The van der Waals surface area contributed by atoms with Crippen LogP contribution in [0, 0.1) is 12.8 Å². The smallest absolute Gasteiger partial charge is 0.0633 e. The van der Waals surface area contributed by atoms with Crippen LogP contribution < -0.4 is 5.32 Å². The summed E-state index contributed by atoms with van der Waals surface area (Å²) in [6, 6.07) is 15.0. The SMILES string of the molecule is C=C(N=C(CC)c1ccc(NC)cc1)c1ccc(CC(C)C)c(C)c1. The highest BCUT2D eigenvalue weighted by Gasteiger charge is 2.07. The number of aryl methyl sites for hydroxylation is 1. The second-order valence-corrected chi connectivity index (χ2v) is 6.93. The zero-order chi connectivity index (χ0) is 18.4. The normalized spacial score (nSPS) is 11.7. The van der Waals surface area contributed by atoms with Gasteiger partial charge in [0.25, 0.3) is 0 Å². The number of hydrogen-bond acceptors (Lipinski definition) is 2. The molecule has 1 N–H and O–H groups in total. The van der Waals surface area contributed by atoms with Crippen molar-refractivity contribution in [3.8, 4) is 0 Å². The Kier molecular flexibility index (Phi) is 6.58. The summed E-state index contributed by atoms with van der Waals surface area (Å²) >= 11 is 0. The van der Waals surface area contributed by atoms with E-state index in [1.807, 2.05) is 7.05 Å². The van der Waals surface area contributed by atoms with Gasteiger partial charge < -0.3 is 5.32 Å². The number of nitrogens with zero attached hydrogens (tertiary/aromatic N) is 1. The fourth-order valence-electron chi connectivity index (χ4n) is 2.95. The number of hydrogen-bond donors (Lipinski definition) is 1. The molecule has 0 atom stereocenters. The average molecular weight is 335 g/mol. The molecule has 132 valence electrons. The Morgan fingerprint density at radius 3 is 2.24 bits per heavy atom. The van der Waals surface area contributed by atoms with E-state index < -0.39 is 0 Å². The molecule has 0 aromatic heterocycles. The van der Waals surface area contributed by atoms with Gasteiger partial charge in [0, 0.05) is 18.4 Å². The number of rotatable bonds is 7. The predicted molar refractivity (Wildman–Crippen MR) is 112 cm³/mol. The largest absolute Gasteiger partial charge is 0.388 e. The first kappa shape index (κ1) is 19.0. The van der Waals surface area contributed by atoms with E-state index in [0.717, 1.165) is 41.1 Å². The maximum atomic E-state index is 4.82. The van der Waals surface area contributed by atoms with Gasteiger partial charge >= 0.3 is 0 Å². The topological polar surface area (TPSA) is 24.4 Å². The summed E-state index contributed by atoms with van der Waals surface area (Å²) < 4.78 is 0. The van der Waals surface area contributed by atoms with Crippen LogP contribution in [-0.4, -0.2) is 12.8 Å². The molecule has 0 saturated heterocycles. The highest BCUT2D eigenvalue weighted by atomic mass is 14.8. The number of anilines is 1. The average Bonchev–Trinajstić information content (AvgIpc) is 2.61. The summed E-state index contributed by atoms with van der Waals surface area (Å²) in [5, 5.41) is 3.15. The van der Waals surface area contributed by atoms with Crippen LogP contribution in [0.15, 0.2) is 54.0 Å². The van der Waals surface area contributed by atoms with Gasteiger partial charge in [0.1, 0.15) is 0 Å². The standard InChI is InChI=1S/C23H30N2/c1-7-23(19-10-12-22(24-6)13-11-19)25-18(5)21-9-8-20(14-16(2)3)17(4)15-21/h8-13,15-16,24H,5,7,14H2,1-4,6H3. The Labute approximate surface area is 152 Å². The van der Waals surface area contributed by atoms with Crippen molar-refractivity contribution in [1.29, 1.82) is 0 Å². The van der Waals surface area contributed by atoms with Crippen LogP contribution in [-0.2, 0) is 6.42 Å². The summed E-state index contributed by atoms with van der Waals surface area (Å²) in [6.07, 6.45) is 1.99. The lowest BCUT2D eigenvalue weighted by Gasteiger charge is -2.12. The molecule has 2 nitrogen and oxygen atoms in total. The molecular weight excluding hydrogens is 304 g/mol. The Morgan fingerprint density at radius 2 is 1.72 bits per heavy atom. The van der Waals surface area contributed by atoms with Crippen molar-refractivity contribution in [3.05, 3.63) is 71.3 Å². The Balaban J connectivity index is 2.25. The third-order valence-electron chi connectivity index (χ3n) is 4.42. The highest BCUT2D eigenvalue weighted by molar-refractivity contribution is 6.03. The first-order chi connectivity index (χ1) is 11.9. The summed E-state index contributed by atoms with van der Waals surface area (Å²) in [7, 11) is 1.93. The quantitative estimate of drug-likeness (QED) is 0.607.